The third-order valence-electron chi connectivity index (χ3n) is 5.28. The highest BCUT2D eigenvalue weighted by Gasteiger charge is 2.24. The molecule has 0 spiro atoms. The number of carbonyl (C=O) groups excluding carboxylic acids is 1. The fraction of sp³-hybridized carbons (Fsp3) is 0.450. The summed E-state index contributed by atoms with van der Waals surface area (Å²) < 4.78 is 0. The number of amides is 1. The Balaban J connectivity index is 1.29. The van der Waals surface area contributed by atoms with E-state index >= 15 is 0 Å². The predicted octanol–water partition coefficient (Wildman–Crippen LogP) is 1.79. The molecule has 2 aromatic rings. The van der Waals surface area contributed by atoms with Crippen LogP contribution in [0.15, 0.2) is 42.7 Å². The minimum Gasteiger partial charge on any atom is -0.348 e. The molecule has 6 heteroatoms. The van der Waals surface area contributed by atoms with Crippen molar-refractivity contribution < 1.29 is 4.79 Å². The molecule has 1 aromatic carbocycles. The fourth-order valence-corrected chi connectivity index (χ4v) is 3.91. The molecule has 1 amide bonds. The van der Waals surface area contributed by atoms with Crippen molar-refractivity contribution in [3.05, 3.63) is 53.9 Å². The second-order valence-corrected chi connectivity index (χ2v) is 7.02. The first-order chi connectivity index (χ1) is 12.8. The largest absolute Gasteiger partial charge is 0.348 e. The van der Waals surface area contributed by atoms with E-state index in [2.05, 4.69) is 49.4 Å². The third kappa shape index (κ3) is 3.85. The summed E-state index contributed by atoms with van der Waals surface area (Å²) in [6.07, 6.45) is 6.82. The number of benzene rings is 1. The van der Waals surface area contributed by atoms with Gasteiger partial charge in [0, 0.05) is 38.6 Å². The molecule has 0 bridgehead atoms. The molecule has 26 heavy (non-hydrogen) atoms. The van der Waals surface area contributed by atoms with Gasteiger partial charge in [-0.2, -0.15) is 0 Å². The lowest BCUT2D eigenvalue weighted by Crippen LogP contribution is -2.50. The van der Waals surface area contributed by atoms with E-state index in [1.54, 1.807) is 12.4 Å². The molecule has 1 unspecified atom stereocenters. The lowest BCUT2D eigenvalue weighted by atomic mass is 9.88. The van der Waals surface area contributed by atoms with Crippen LogP contribution in [0.3, 0.4) is 0 Å². The third-order valence-corrected chi connectivity index (χ3v) is 5.28. The number of hydrogen-bond donors (Lipinski definition) is 1. The number of aryl methyl sites for hydroxylation is 1. The van der Waals surface area contributed by atoms with Gasteiger partial charge in [0.1, 0.15) is 0 Å². The highest BCUT2D eigenvalue weighted by Crippen LogP contribution is 2.29. The standard InChI is InChI=1S/C20H25N5O/c26-19(23-18-8-3-6-16-5-1-2-7-17(16)18)15-24-11-13-25(14-12-24)20-21-9-4-10-22-20/h1-2,4-5,7,9-10,18H,3,6,8,11-15H2,(H,23,26). The Morgan fingerprint density at radius 3 is 2.65 bits per heavy atom. The lowest BCUT2D eigenvalue weighted by Gasteiger charge is -2.34. The van der Waals surface area contributed by atoms with Gasteiger partial charge in [-0.05, 0) is 36.5 Å². The molecule has 1 atom stereocenters. The SMILES string of the molecule is O=C(CN1CCN(c2ncccn2)CC1)NC1CCCc2ccccc21. The van der Waals surface area contributed by atoms with E-state index in [4.69, 9.17) is 0 Å². The smallest absolute Gasteiger partial charge is 0.234 e. The Labute approximate surface area is 154 Å². The van der Waals surface area contributed by atoms with Gasteiger partial charge < -0.3 is 10.2 Å². The van der Waals surface area contributed by atoms with Gasteiger partial charge in [-0.25, -0.2) is 9.97 Å². The van der Waals surface area contributed by atoms with Gasteiger partial charge >= 0.3 is 0 Å². The van der Waals surface area contributed by atoms with Gasteiger partial charge in [0.05, 0.1) is 12.6 Å². The van der Waals surface area contributed by atoms with Gasteiger partial charge in [0.25, 0.3) is 0 Å². The van der Waals surface area contributed by atoms with Crippen LogP contribution in [0.1, 0.15) is 30.0 Å². The Morgan fingerprint density at radius 1 is 1.08 bits per heavy atom. The molecule has 1 fully saturated rings. The molecule has 2 aliphatic rings. The molecule has 0 saturated carbocycles. The van der Waals surface area contributed by atoms with Gasteiger partial charge in [-0.3, -0.25) is 9.69 Å². The molecule has 1 N–H and O–H groups in total. The van der Waals surface area contributed by atoms with E-state index < -0.39 is 0 Å². The quantitative estimate of drug-likeness (QED) is 0.910. The van der Waals surface area contributed by atoms with Crippen molar-refractivity contribution in [3.63, 3.8) is 0 Å². The second-order valence-electron chi connectivity index (χ2n) is 7.02. The van der Waals surface area contributed by atoms with Crippen LogP contribution >= 0.6 is 0 Å². The van der Waals surface area contributed by atoms with Crippen molar-refractivity contribution in [1.82, 2.24) is 20.2 Å². The van der Waals surface area contributed by atoms with Crippen LogP contribution in [0.4, 0.5) is 5.95 Å². The number of nitrogens with one attached hydrogen (secondary N) is 1. The normalized spacial score (nSPS) is 20.5. The van der Waals surface area contributed by atoms with E-state index in [1.807, 2.05) is 6.07 Å². The summed E-state index contributed by atoms with van der Waals surface area (Å²) >= 11 is 0. The number of rotatable bonds is 4. The minimum atomic E-state index is 0.121. The summed E-state index contributed by atoms with van der Waals surface area (Å²) in [5.74, 6) is 0.895. The van der Waals surface area contributed by atoms with Gasteiger partial charge in [0.15, 0.2) is 0 Å². The van der Waals surface area contributed by atoms with Crippen molar-refractivity contribution in [1.29, 1.82) is 0 Å². The molecule has 1 aliphatic heterocycles. The van der Waals surface area contributed by atoms with Crippen molar-refractivity contribution in [2.75, 3.05) is 37.6 Å². The van der Waals surface area contributed by atoms with Crippen LogP contribution in [0.2, 0.25) is 0 Å². The fourth-order valence-electron chi connectivity index (χ4n) is 3.91. The Morgan fingerprint density at radius 2 is 1.85 bits per heavy atom. The number of fused-ring (bicyclic) bond motifs is 1. The van der Waals surface area contributed by atoms with Crippen molar-refractivity contribution in [2.45, 2.75) is 25.3 Å². The van der Waals surface area contributed by atoms with E-state index in [-0.39, 0.29) is 11.9 Å². The van der Waals surface area contributed by atoms with E-state index in [9.17, 15) is 4.79 Å². The average Bonchev–Trinajstić information content (AvgIpc) is 2.69. The molecule has 1 aromatic heterocycles. The van der Waals surface area contributed by atoms with E-state index in [0.717, 1.165) is 51.4 Å². The average molecular weight is 351 g/mol. The van der Waals surface area contributed by atoms with Crippen molar-refractivity contribution in [3.8, 4) is 0 Å². The first-order valence-corrected chi connectivity index (χ1v) is 9.41. The Bertz CT molecular complexity index is 743. The van der Waals surface area contributed by atoms with Crippen molar-refractivity contribution in [2.24, 2.45) is 0 Å². The molecule has 6 nitrogen and oxygen atoms in total. The Kier molecular flexibility index (Phi) is 5.11. The van der Waals surface area contributed by atoms with Crippen LogP contribution < -0.4 is 10.2 Å². The second kappa shape index (κ2) is 7.83. The molecule has 1 saturated heterocycles. The molecule has 2 heterocycles. The zero-order valence-electron chi connectivity index (χ0n) is 15.0. The summed E-state index contributed by atoms with van der Waals surface area (Å²) in [5, 5.41) is 3.25. The lowest BCUT2D eigenvalue weighted by molar-refractivity contribution is -0.123. The number of anilines is 1. The number of hydrogen-bond acceptors (Lipinski definition) is 5. The summed E-state index contributed by atoms with van der Waals surface area (Å²) in [7, 11) is 0. The molecule has 4 rings (SSSR count). The molecule has 136 valence electrons. The summed E-state index contributed by atoms with van der Waals surface area (Å²) in [5.41, 5.74) is 2.67. The van der Waals surface area contributed by atoms with Crippen LogP contribution in [0.5, 0.6) is 0 Å². The molecule has 1 aliphatic carbocycles. The number of carbonyl (C=O) groups is 1. The maximum atomic E-state index is 12.5. The molecule has 0 radical (unpaired) electrons. The predicted molar refractivity (Wildman–Crippen MR) is 101 cm³/mol. The van der Waals surface area contributed by atoms with Gasteiger partial charge in [0.2, 0.25) is 11.9 Å². The van der Waals surface area contributed by atoms with Gasteiger partial charge in [-0.15, -0.1) is 0 Å². The van der Waals surface area contributed by atoms with Crippen LogP contribution in [-0.4, -0.2) is 53.5 Å². The summed E-state index contributed by atoms with van der Waals surface area (Å²) in [4.78, 5) is 25.5. The summed E-state index contributed by atoms with van der Waals surface area (Å²) in [6.45, 7) is 3.87. The molecular weight excluding hydrogens is 326 g/mol. The zero-order chi connectivity index (χ0) is 17.8. The first-order valence-electron chi connectivity index (χ1n) is 9.41. The number of nitrogens with zero attached hydrogens (tertiary/aromatic N) is 4. The van der Waals surface area contributed by atoms with Gasteiger partial charge in [-0.1, -0.05) is 24.3 Å². The topological polar surface area (TPSA) is 61.4 Å². The van der Waals surface area contributed by atoms with Crippen molar-refractivity contribution >= 4 is 11.9 Å². The maximum absolute atomic E-state index is 12.5. The summed E-state index contributed by atoms with van der Waals surface area (Å²) in [6, 6.07) is 10.5. The highest BCUT2D eigenvalue weighted by atomic mass is 16.2. The number of piperazine rings is 1. The zero-order valence-corrected chi connectivity index (χ0v) is 15.0. The van der Waals surface area contributed by atoms with Crippen LogP contribution in [0, 0.1) is 0 Å². The monoisotopic (exact) mass is 351 g/mol. The van der Waals surface area contributed by atoms with Crippen LogP contribution in [-0.2, 0) is 11.2 Å². The van der Waals surface area contributed by atoms with E-state index in [0.29, 0.717) is 6.54 Å². The minimum absolute atomic E-state index is 0.121. The molecular formula is C20H25N5O. The Hall–Kier alpha value is -2.47. The maximum Gasteiger partial charge on any atom is 0.234 e. The highest BCUT2D eigenvalue weighted by molar-refractivity contribution is 5.78. The van der Waals surface area contributed by atoms with E-state index in [1.165, 1.54) is 11.1 Å². The van der Waals surface area contributed by atoms with Crippen LogP contribution in [0.25, 0.3) is 0 Å². The number of aromatic nitrogens is 2. The first kappa shape index (κ1) is 17.0.